The van der Waals surface area contributed by atoms with Crippen molar-refractivity contribution in [1.82, 2.24) is 9.47 Å². The predicted octanol–water partition coefficient (Wildman–Crippen LogP) is 0.375. The zero-order valence-electron chi connectivity index (χ0n) is 16.0. The molecule has 3 atom stereocenters. The first-order chi connectivity index (χ1) is 14.0. The van der Waals surface area contributed by atoms with Gasteiger partial charge in [0.25, 0.3) is 0 Å². The van der Waals surface area contributed by atoms with E-state index in [4.69, 9.17) is 4.74 Å². The van der Waals surface area contributed by atoms with E-state index in [0.717, 1.165) is 35.4 Å². The van der Waals surface area contributed by atoms with Gasteiger partial charge < -0.3 is 19.4 Å². The third-order valence-corrected chi connectivity index (χ3v) is 6.30. The van der Waals surface area contributed by atoms with Crippen LogP contribution < -0.4 is 15.5 Å². The molecule has 2 bridgehead atoms. The van der Waals surface area contributed by atoms with Gasteiger partial charge >= 0.3 is 5.56 Å². The summed E-state index contributed by atoms with van der Waals surface area (Å²) in [4.78, 5) is 27.4. The fraction of sp³-hybridized carbons (Fsp3) is 0.429. The highest BCUT2D eigenvalue weighted by molar-refractivity contribution is 5.79. The van der Waals surface area contributed by atoms with Crippen LogP contribution in [0.5, 0.6) is 5.75 Å². The molecule has 0 aliphatic carbocycles. The number of piperidine rings is 1. The normalized spacial score (nSPS) is 23.2. The maximum Gasteiger partial charge on any atom is 0.315 e. The Kier molecular flexibility index (Phi) is 4.42. The number of hydrogen-bond acceptors (Lipinski definition) is 5. The fourth-order valence-electron chi connectivity index (χ4n) is 4.95. The molecule has 0 radical (unpaired) electrons. The second-order valence-electron chi connectivity index (χ2n) is 8.21. The largest absolute Gasteiger partial charge is 0.595 e. The lowest BCUT2D eigenvalue weighted by atomic mass is 9.83. The number of fused-ring (bicyclic) bond motifs is 5. The molecule has 1 saturated heterocycles. The smallest absolute Gasteiger partial charge is 0.315 e. The Morgan fingerprint density at radius 1 is 1.24 bits per heavy atom. The maximum atomic E-state index is 13.0. The third-order valence-electron chi connectivity index (χ3n) is 6.30. The number of ether oxygens (including phenoxy) is 1. The average molecular weight is 397 g/mol. The summed E-state index contributed by atoms with van der Waals surface area (Å²) in [7, 11) is 0. The van der Waals surface area contributed by atoms with Crippen molar-refractivity contribution in [3.05, 3.63) is 62.7 Å². The molecule has 8 heteroatoms. The van der Waals surface area contributed by atoms with Crippen molar-refractivity contribution < 1.29 is 20.0 Å². The van der Waals surface area contributed by atoms with Crippen molar-refractivity contribution in [2.24, 2.45) is 5.92 Å². The lowest BCUT2D eigenvalue weighted by molar-refractivity contribution is -0.992. The molecule has 0 saturated carbocycles. The number of carbonyl (C=O) groups excluding carboxylic acids is 1. The molecular weight excluding hydrogens is 374 g/mol. The fourth-order valence-corrected chi connectivity index (χ4v) is 4.95. The average Bonchev–Trinajstić information content (AvgIpc) is 3.16. The number of rotatable bonds is 3. The molecule has 3 aliphatic heterocycles. The summed E-state index contributed by atoms with van der Waals surface area (Å²) in [6.45, 7) is 2.33. The minimum absolute atomic E-state index is 0.0652. The number of pyridine rings is 1. The van der Waals surface area contributed by atoms with E-state index in [9.17, 15) is 20.0 Å². The van der Waals surface area contributed by atoms with Gasteiger partial charge in [-0.2, -0.15) is 5.23 Å². The lowest BCUT2D eigenvalue weighted by Crippen LogP contribution is -3.00. The summed E-state index contributed by atoms with van der Waals surface area (Å²) in [5.41, 5.74) is 2.36. The first kappa shape index (κ1) is 18.4. The van der Waals surface area contributed by atoms with E-state index < -0.39 is 10.8 Å². The van der Waals surface area contributed by atoms with Crippen LogP contribution in [0.4, 0.5) is 5.69 Å². The molecule has 2 aromatic rings. The van der Waals surface area contributed by atoms with E-state index in [-0.39, 0.29) is 23.4 Å². The molecule has 1 aromatic heterocycles. The zero-order valence-corrected chi connectivity index (χ0v) is 16.0. The van der Waals surface area contributed by atoms with Gasteiger partial charge in [-0.3, -0.25) is 9.59 Å². The van der Waals surface area contributed by atoms with E-state index in [1.165, 1.54) is 6.07 Å². The van der Waals surface area contributed by atoms with E-state index >= 15 is 0 Å². The Bertz CT molecular complexity index is 1030. The number of hydrogen-bond donors (Lipinski definition) is 2. The number of nitrogens with zero attached hydrogens (tertiary/aromatic N) is 2. The van der Waals surface area contributed by atoms with E-state index in [2.05, 4.69) is 6.07 Å². The number of nitrogens with one attached hydrogen (secondary N) is 1. The van der Waals surface area contributed by atoms with Gasteiger partial charge in [0.1, 0.15) is 5.75 Å². The number of carbonyl (C=O) groups is 1. The molecule has 1 unspecified atom stereocenters. The Morgan fingerprint density at radius 2 is 2.10 bits per heavy atom. The van der Waals surface area contributed by atoms with Crippen molar-refractivity contribution in [2.75, 3.05) is 19.7 Å². The summed E-state index contributed by atoms with van der Waals surface area (Å²) in [6.07, 6.45) is 2.17. The molecule has 2 N–H and O–H groups in total. The van der Waals surface area contributed by atoms with E-state index in [1.54, 1.807) is 10.6 Å². The standard InChI is InChI=1S/C21H23N3O5/c25-20(9-13-1-4-19-15(7-13)5-6-29-19)22-10-14-8-16(12-22)17-2-3-18(24(27)28)21(26)23(17)11-14/h1-4,7,14,16,24,27H,5-6,8-12H2/t14-,16+/m1/s1. The van der Waals surface area contributed by atoms with Crippen LogP contribution in [-0.2, 0) is 24.2 Å². The van der Waals surface area contributed by atoms with Gasteiger partial charge in [-0.15, -0.1) is 0 Å². The SMILES string of the molecule is O=C(Cc1ccc2c(c1)CCO2)N1C[C@H]2C[C@@H](C1)c1ccc([NH+]([O-])O)c(=O)n1C2. The molecule has 1 fully saturated rings. The van der Waals surface area contributed by atoms with Crippen molar-refractivity contribution in [1.29, 1.82) is 0 Å². The van der Waals surface area contributed by atoms with Gasteiger partial charge in [0, 0.05) is 43.7 Å². The number of aromatic nitrogens is 1. The second-order valence-corrected chi connectivity index (χ2v) is 8.21. The molecule has 8 nitrogen and oxygen atoms in total. The van der Waals surface area contributed by atoms with Crippen molar-refractivity contribution in [3.63, 3.8) is 0 Å². The quantitative estimate of drug-likeness (QED) is 0.730. The highest BCUT2D eigenvalue weighted by Crippen LogP contribution is 2.35. The van der Waals surface area contributed by atoms with Crippen molar-refractivity contribution in [3.8, 4) is 5.75 Å². The summed E-state index contributed by atoms with van der Waals surface area (Å²) < 4.78 is 7.13. The summed E-state index contributed by atoms with van der Waals surface area (Å²) in [6, 6.07) is 9.09. The summed E-state index contributed by atoms with van der Waals surface area (Å²) in [5, 5.41) is 19.3. The van der Waals surface area contributed by atoms with E-state index in [0.29, 0.717) is 32.7 Å². The number of quaternary nitrogens is 1. The van der Waals surface area contributed by atoms with Crippen LogP contribution in [-0.4, -0.2) is 40.3 Å². The Labute approximate surface area is 167 Å². The van der Waals surface area contributed by atoms with Gasteiger partial charge in [0.05, 0.1) is 13.0 Å². The topological polar surface area (TPSA) is 99.3 Å². The Balaban J connectivity index is 1.35. The number of likely N-dealkylation sites (tertiary alicyclic amines) is 1. The lowest BCUT2D eigenvalue weighted by Gasteiger charge is -2.43. The second kappa shape index (κ2) is 6.98. The van der Waals surface area contributed by atoms with Crippen LogP contribution in [0.1, 0.15) is 29.2 Å². The number of amides is 1. The maximum absolute atomic E-state index is 13.0. The van der Waals surface area contributed by atoms with Crippen LogP contribution in [0.25, 0.3) is 0 Å². The van der Waals surface area contributed by atoms with Crippen molar-refractivity contribution >= 4 is 11.6 Å². The van der Waals surface area contributed by atoms with Gasteiger partial charge in [-0.1, -0.05) is 12.1 Å². The van der Waals surface area contributed by atoms with Crippen LogP contribution in [0.15, 0.2) is 35.1 Å². The van der Waals surface area contributed by atoms with Gasteiger partial charge in [-0.05, 0) is 35.6 Å². The van der Waals surface area contributed by atoms with Crippen LogP contribution in [0.3, 0.4) is 0 Å². The van der Waals surface area contributed by atoms with Gasteiger partial charge in [0.15, 0.2) is 0 Å². The molecule has 0 spiro atoms. The zero-order chi connectivity index (χ0) is 20.1. The molecule has 4 heterocycles. The molecule has 29 heavy (non-hydrogen) atoms. The minimum atomic E-state index is -1.20. The Morgan fingerprint density at radius 3 is 2.93 bits per heavy atom. The summed E-state index contributed by atoms with van der Waals surface area (Å²) in [5.74, 6) is 1.24. The van der Waals surface area contributed by atoms with Gasteiger partial charge in [0.2, 0.25) is 11.6 Å². The first-order valence-corrected chi connectivity index (χ1v) is 9.99. The highest BCUT2D eigenvalue weighted by atomic mass is 16.8. The molecule has 1 aromatic carbocycles. The van der Waals surface area contributed by atoms with Gasteiger partial charge in [-0.25, -0.2) is 5.21 Å². The van der Waals surface area contributed by atoms with Crippen molar-refractivity contribution in [2.45, 2.75) is 31.7 Å². The van der Waals surface area contributed by atoms with Crippen LogP contribution in [0.2, 0.25) is 0 Å². The highest BCUT2D eigenvalue weighted by Gasteiger charge is 2.37. The minimum Gasteiger partial charge on any atom is -0.595 e. The number of benzene rings is 1. The molecule has 3 aliphatic rings. The van der Waals surface area contributed by atoms with E-state index in [1.807, 2.05) is 17.0 Å². The monoisotopic (exact) mass is 397 g/mol. The molecule has 5 rings (SSSR count). The first-order valence-electron chi connectivity index (χ1n) is 9.99. The summed E-state index contributed by atoms with van der Waals surface area (Å²) >= 11 is 0. The predicted molar refractivity (Wildman–Crippen MR) is 103 cm³/mol. The third kappa shape index (κ3) is 3.23. The van der Waals surface area contributed by atoms with Crippen LogP contribution >= 0.6 is 0 Å². The molecular formula is C21H23N3O5. The van der Waals surface area contributed by atoms with Crippen LogP contribution in [0, 0.1) is 11.1 Å². The molecule has 1 amide bonds. The molecule has 152 valence electrons. The Hall–Kier alpha value is -2.68.